The molecule has 0 heterocycles. The van der Waals surface area contributed by atoms with E-state index in [1.807, 2.05) is 0 Å². The van der Waals surface area contributed by atoms with E-state index >= 15 is 0 Å². The first-order valence-electron chi connectivity index (χ1n) is 6.96. The Hall–Kier alpha value is -2.54. The number of nitrogens with one attached hydrogen (secondary N) is 1. The highest BCUT2D eigenvalue weighted by molar-refractivity contribution is 9.10. The van der Waals surface area contributed by atoms with Crippen molar-refractivity contribution in [3.05, 3.63) is 52.0 Å². The van der Waals surface area contributed by atoms with Crippen LogP contribution in [0, 0.1) is 0 Å². The molecule has 6 nitrogen and oxygen atoms in total. The van der Waals surface area contributed by atoms with Gasteiger partial charge in [0, 0.05) is 23.7 Å². The molecule has 0 saturated carbocycles. The van der Waals surface area contributed by atoms with Crippen LogP contribution in [0.5, 0.6) is 17.2 Å². The second kappa shape index (κ2) is 7.83. The molecular weight excluding hydrogens is 378 g/mol. The van der Waals surface area contributed by atoms with Crippen LogP contribution >= 0.6 is 15.9 Å². The van der Waals surface area contributed by atoms with E-state index in [0.29, 0.717) is 17.1 Å². The van der Waals surface area contributed by atoms with Gasteiger partial charge in [-0.1, -0.05) is 15.9 Å². The van der Waals surface area contributed by atoms with Gasteiger partial charge < -0.3 is 19.5 Å². The first-order chi connectivity index (χ1) is 11.5. The monoisotopic (exact) mass is 393 g/mol. The molecule has 0 aliphatic carbocycles. The minimum atomic E-state index is -0.583. The number of hydrogen-bond acceptors (Lipinski definition) is 5. The summed E-state index contributed by atoms with van der Waals surface area (Å²) in [5.41, 5.74) is 0.524. The lowest BCUT2D eigenvalue weighted by Gasteiger charge is -2.14. The molecule has 0 aliphatic heterocycles. The van der Waals surface area contributed by atoms with Crippen molar-refractivity contribution < 1.29 is 23.8 Å². The van der Waals surface area contributed by atoms with Gasteiger partial charge in [0.1, 0.15) is 5.75 Å². The number of hydrogen-bond donors (Lipinski definition) is 1. The summed E-state index contributed by atoms with van der Waals surface area (Å²) in [7, 11) is 4.40. The summed E-state index contributed by atoms with van der Waals surface area (Å²) in [6.45, 7) is 0. The normalized spacial score (nSPS) is 10.0. The average molecular weight is 394 g/mol. The van der Waals surface area contributed by atoms with Gasteiger partial charge in [-0.15, -0.1) is 0 Å². The zero-order valence-electron chi connectivity index (χ0n) is 13.4. The van der Waals surface area contributed by atoms with Crippen LogP contribution in [0.2, 0.25) is 0 Å². The molecule has 0 spiro atoms. The Bertz CT molecular complexity index is 758. The molecule has 2 rings (SSSR count). The quantitative estimate of drug-likeness (QED) is 0.624. The van der Waals surface area contributed by atoms with Gasteiger partial charge in [-0.3, -0.25) is 4.79 Å². The maximum Gasteiger partial charge on any atom is 0.343 e. The summed E-state index contributed by atoms with van der Waals surface area (Å²) in [5.74, 6) is -0.197. The van der Waals surface area contributed by atoms with Crippen LogP contribution in [0.15, 0.2) is 40.9 Å². The minimum Gasteiger partial charge on any atom is -0.493 e. The molecule has 0 radical (unpaired) electrons. The van der Waals surface area contributed by atoms with Crippen LogP contribution in [-0.2, 0) is 0 Å². The van der Waals surface area contributed by atoms with Crippen molar-refractivity contribution in [1.82, 2.24) is 5.32 Å². The van der Waals surface area contributed by atoms with Crippen LogP contribution in [0.25, 0.3) is 0 Å². The molecule has 1 amide bonds. The predicted molar refractivity (Wildman–Crippen MR) is 92.0 cm³/mol. The van der Waals surface area contributed by atoms with E-state index in [1.165, 1.54) is 33.4 Å². The summed E-state index contributed by atoms with van der Waals surface area (Å²) in [6, 6.07) is 9.59. The van der Waals surface area contributed by atoms with Gasteiger partial charge in [0.15, 0.2) is 11.5 Å². The van der Waals surface area contributed by atoms with Gasteiger partial charge in [0.25, 0.3) is 5.91 Å². The Morgan fingerprint density at radius 1 is 0.958 bits per heavy atom. The molecule has 126 valence electrons. The predicted octanol–water partition coefficient (Wildman–Crippen LogP) is 3.05. The lowest BCUT2D eigenvalue weighted by molar-refractivity contribution is 0.0731. The third-order valence-corrected chi connectivity index (χ3v) is 3.77. The second-order valence-electron chi connectivity index (χ2n) is 4.68. The Balaban J connectivity index is 2.41. The number of rotatable bonds is 5. The van der Waals surface area contributed by atoms with Gasteiger partial charge in [0.05, 0.1) is 25.3 Å². The van der Waals surface area contributed by atoms with E-state index in [0.717, 1.165) is 4.47 Å². The van der Waals surface area contributed by atoms with Crippen molar-refractivity contribution in [2.45, 2.75) is 0 Å². The lowest BCUT2D eigenvalue weighted by atomic mass is 10.1. The van der Waals surface area contributed by atoms with Crippen molar-refractivity contribution >= 4 is 27.8 Å². The first-order valence-corrected chi connectivity index (χ1v) is 7.75. The maximum atomic E-state index is 12.3. The fourth-order valence-electron chi connectivity index (χ4n) is 2.00. The molecule has 1 N–H and O–H groups in total. The molecule has 0 saturated heterocycles. The molecule has 0 bridgehead atoms. The van der Waals surface area contributed by atoms with Gasteiger partial charge in [-0.25, -0.2) is 4.79 Å². The topological polar surface area (TPSA) is 73.9 Å². The van der Waals surface area contributed by atoms with Crippen LogP contribution < -0.4 is 19.5 Å². The summed E-state index contributed by atoms with van der Waals surface area (Å²) >= 11 is 3.30. The standard InChI is InChI=1S/C17H16BrNO5/c1-19-16(20)12-8-14(22-2)15(23-3)9-13(12)24-17(21)10-4-6-11(18)7-5-10/h4-9H,1-3H3,(H,19,20). The van der Waals surface area contributed by atoms with Crippen molar-refractivity contribution in [1.29, 1.82) is 0 Å². The van der Waals surface area contributed by atoms with E-state index in [9.17, 15) is 9.59 Å². The SMILES string of the molecule is CNC(=O)c1cc(OC)c(OC)cc1OC(=O)c1ccc(Br)cc1. The van der Waals surface area contributed by atoms with E-state index in [1.54, 1.807) is 24.3 Å². The number of amides is 1. The summed E-state index contributed by atoms with van der Waals surface area (Å²) in [5, 5.41) is 2.50. The summed E-state index contributed by atoms with van der Waals surface area (Å²) in [6.07, 6.45) is 0. The number of esters is 1. The third kappa shape index (κ3) is 3.86. The number of carbonyl (C=O) groups excluding carboxylic acids is 2. The number of halogens is 1. The third-order valence-electron chi connectivity index (χ3n) is 3.24. The van der Waals surface area contributed by atoms with E-state index in [4.69, 9.17) is 14.2 Å². The molecule has 24 heavy (non-hydrogen) atoms. The lowest BCUT2D eigenvalue weighted by Crippen LogP contribution is -2.20. The maximum absolute atomic E-state index is 12.3. The van der Waals surface area contributed by atoms with Crippen LogP contribution in [0.3, 0.4) is 0 Å². The summed E-state index contributed by atoms with van der Waals surface area (Å²) < 4.78 is 16.6. The number of benzene rings is 2. The number of ether oxygens (including phenoxy) is 3. The highest BCUT2D eigenvalue weighted by atomic mass is 79.9. The first kappa shape index (κ1) is 17.8. The zero-order chi connectivity index (χ0) is 17.7. The van der Waals surface area contributed by atoms with E-state index < -0.39 is 11.9 Å². The largest absolute Gasteiger partial charge is 0.493 e. The van der Waals surface area contributed by atoms with Gasteiger partial charge in [0.2, 0.25) is 0 Å². The van der Waals surface area contributed by atoms with Crippen molar-refractivity contribution in [2.24, 2.45) is 0 Å². The van der Waals surface area contributed by atoms with Crippen molar-refractivity contribution in [3.63, 3.8) is 0 Å². The number of methoxy groups -OCH3 is 2. The minimum absolute atomic E-state index is 0.0833. The van der Waals surface area contributed by atoms with E-state index in [2.05, 4.69) is 21.2 Å². The molecule has 2 aromatic carbocycles. The van der Waals surface area contributed by atoms with Crippen LogP contribution in [0.4, 0.5) is 0 Å². The molecule has 0 unspecified atom stereocenters. The Labute approximate surface area is 147 Å². The van der Waals surface area contributed by atoms with Crippen LogP contribution in [-0.4, -0.2) is 33.1 Å². The molecule has 2 aromatic rings. The number of carbonyl (C=O) groups is 2. The highest BCUT2D eigenvalue weighted by Gasteiger charge is 2.20. The van der Waals surface area contributed by atoms with Gasteiger partial charge in [-0.2, -0.15) is 0 Å². The second-order valence-corrected chi connectivity index (χ2v) is 5.59. The molecular formula is C17H16BrNO5. The molecule has 0 atom stereocenters. The Kier molecular flexibility index (Phi) is 5.81. The van der Waals surface area contributed by atoms with Gasteiger partial charge in [-0.05, 0) is 24.3 Å². The van der Waals surface area contributed by atoms with E-state index in [-0.39, 0.29) is 11.3 Å². The molecule has 0 fully saturated rings. The Morgan fingerprint density at radius 3 is 2.08 bits per heavy atom. The average Bonchev–Trinajstić information content (AvgIpc) is 2.61. The van der Waals surface area contributed by atoms with Crippen molar-refractivity contribution in [2.75, 3.05) is 21.3 Å². The summed E-state index contributed by atoms with van der Waals surface area (Å²) in [4.78, 5) is 24.4. The van der Waals surface area contributed by atoms with Crippen LogP contribution in [0.1, 0.15) is 20.7 Å². The fraction of sp³-hybridized carbons (Fsp3) is 0.176. The smallest absolute Gasteiger partial charge is 0.343 e. The van der Waals surface area contributed by atoms with Gasteiger partial charge >= 0.3 is 5.97 Å². The zero-order valence-corrected chi connectivity index (χ0v) is 15.0. The molecule has 7 heteroatoms. The highest BCUT2D eigenvalue weighted by Crippen LogP contribution is 2.35. The fourth-order valence-corrected chi connectivity index (χ4v) is 2.27. The van der Waals surface area contributed by atoms with Crippen molar-refractivity contribution in [3.8, 4) is 17.2 Å². The Morgan fingerprint density at radius 2 is 1.54 bits per heavy atom. The molecule has 0 aliphatic rings. The molecule has 0 aromatic heterocycles.